The number of ether oxygens (including phenoxy) is 3. The highest BCUT2D eigenvalue weighted by Gasteiger charge is 2.15. The first kappa shape index (κ1) is 20.6. The topological polar surface area (TPSA) is 75.7 Å². The number of aryl methyl sites for hydroxylation is 1. The number of fused-ring (bicyclic) bond motifs is 1. The summed E-state index contributed by atoms with van der Waals surface area (Å²) in [4.78, 5) is 16.6. The summed E-state index contributed by atoms with van der Waals surface area (Å²) in [5, 5.41) is 1.16. The van der Waals surface area contributed by atoms with Gasteiger partial charge < -0.3 is 23.2 Å². The van der Waals surface area contributed by atoms with E-state index in [0.29, 0.717) is 12.4 Å². The molecule has 0 radical (unpaired) electrons. The summed E-state index contributed by atoms with van der Waals surface area (Å²) in [5.74, 6) is 0.724. The summed E-state index contributed by atoms with van der Waals surface area (Å²) in [7, 11) is 0. The van der Waals surface area contributed by atoms with Crippen LogP contribution in [0.2, 0.25) is 0 Å². The summed E-state index contributed by atoms with van der Waals surface area (Å²) >= 11 is 0. The quantitative estimate of drug-likeness (QED) is 0.463. The highest BCUT2D eigenvalue weighted by molar-refractivity contribution is 5.75. The molecule has 1 saturated heterocycles. The van der Waals surface area contributed by atoms with E-state index >= 15 is 0 Å². The molecule has 0 amide bonds. The Bertz CT molecular complexity index is 990. The van der Waals surface area contributed by atoms with Crippen molar-refractivity contribution in [2.24, 2.45) is 0 Å². The predicted molar refractivity (Wildman–Crippen MR) is 112 cm³/mol. The maximum atomic E-state index is 12.2. The van der Waals surface area contributed by atoms with Crippen molar-refractivity contribution in [2.75, 3.05) is 13.2 Å². The van der Waals surface area contributed by atoms with E-state index in [0.717, 1.165) is 62.7 Å². The molecule has 30 heavy (non-hydrogen) atoms. The van der Waals surface area contributed by atoms with E-state index in [1.54, 1.807) is 0 Å². The van der Waals surface area contributed by atoms with E-state index in [1.165, 1.54) is 12.3 Å². The molecule has 7 heteroatoms. The maximum Gasteiger partial charge on any atom is 0.227 e. The van der Waals surface area contributed by atoms with Gasteiger partial charge in [0, 0.05) is 37.0 Å². The lowest BCUT2D eigenvalue weighted by Gasteiger charge is -2.22. The van der Waals surface area contributed by atoms with Crippen LogP contribution in [-0.2, 0) is 22.6 Å². The molecule has 7 nitrogen and oxygen atoms in total. The molecular weight excluding hydrogens is 384 g/mol. The fourth-order valence-electron chi connectivity index (χ4n) is 3.58. The lowest BCUT2D eigenvalue weighted by Crippen LogP contribution is -2.22. The van der Waals surface area contributed by atoms with E-state index in [4.69, 9.17) is 18.6 Å². The van der Waals surface area contributed by atoms with Gasteiger partial charge in [0.15, 0.2) is 6.29 Å². The molecule has 4 heterocycles. The van der Waals surface area contributed by atoms with Crippen LogP contribution in [-0.4, -0.2) is 29.1 Å². The summed E-state index contributed by atoms with van der Waals surface area (Å²) in [6, 6.07) is 7.54. The summed E-state index contributed by atoms with van der Waals surface area (Å²) < 4.78 is 24.4. The standard InChI is InChI=1S/C23H28N2O5/c26-20-15-19(16-30-22-8-2-5-14-28-22)29-17-21(20)27-13-4-1-3-11-25-12-9-18-7-6-10-24-23(18)25/h6-7,9-10,12,15,17,22H,1-5,8,11,13-14,16H2. The third kappa shape index (κ3) is 5.49. The molecule has 4 rings (SSSR count). The fraction of sp³-hybridized carbons (Fsp3) is 0.478. The molecule has 1 atom stereocenters. The minimum atomic E-state index is -0.208. The highest BCUT2D eigenvalue weighted by atomic mass is 16.7. The monoisotopic (exact) mass is 412 g/mol. The Balaban J connectivity index is 1.15. The number of pyridine rings is 1. The Hall–Kier alpha value is -2.64. The van der Waals surface area contributed by atoms with Gasteiger partial charge in [-0.3, -0.25) is 4.79 Å². The molecule has 1 aliphatic heterocycles. The van der Waals surface area contributed by atoms with Gasteiger partial charge in [0.25, 0.3) is 0 Å². The Morgan fingerprint density at radius 2 is 2.17 bits per heavy atom. The minimum absolute atomic E-state index is 0.186. The number of hydrogen-bond donors (Lipinski definition) is 0. The average molecular weight is 412 g/mol. The van der Waals surface area contributed by atoms with Gasteiger partial charge in [-0.15, -0.1) is 0 Å². The summed E-state index contributed by atoms with van der Waals surface area (Å²) in [6.45, 7) is 2.35. The minimum Gasteiger partial charge on any atom is -0.487 e. The number of nitrogens with zero attached hydrogens (tertiary/aromatic N) is 2. The van der Waals surface area contributed by atoms with Crippen LogP contribution in [0.5, 0.6) is 5.75 Å². The third-order valence-corrected chi connectivity index (χ3v) is 5.23. The van der Waals surface area contributed by atoms with Crippen molar-refractivity contribution >= 4 is 11.0 Å². The molecule has 0 spiro atoms. The van der Waals surface area contributed by atoms with Gasteiger partial charge in [0.2, 0.25) is 11.2 Å². The zero-order valence-electron chi connectivity index (χ0n) is 17.1. The van der Waals surface area contributed by atoms with Crippen LogP contribution < -0.4 is 10.2 Å². The van der Waals surface area contributed by atoms with Crippen LogP contribution in [0.1, 0.15) is 44.3 Å². The zero-order valence-corrected chi connectivity index (χ0v) is 17.1. The summed E-state index contributed by atoms with van der Waals surface area (Å²) in [6.07, 6.45) is 11.0. The maximum absolute atomic E-state index is 12.2. The number of hydrogen-bond acceptors (Lipinski definition) is 6. The van der Waals surface area contributed by atoms with Gasteiger partial charge in [-0.25, -0.2) is 4.98 Å². The molecule has 0 aromatic carbocycles. The van der Waals surface area contributed by atoms with Gasteiger partial charge in [-0.1, -0.05) is 0 Å². The van der Waals surface area contributed by atoms with Crippen LogP contribution in [0.4, 0.5) is 0 Å². The van der Waals surface area contributed by atoms with Crippen molar-refractivity contribution in [2.45, 2.75) is 58.0 Å². The first-order valence-corrected chi connectivity index (χ1v) is 10.7. The van der Waals surface area contributed by atoms with E-state index in [9.17, 15) is 4.79 Å². The van der Waals surface area contributed by atoms with Crippen LogP contribution in [0.3, 0.4) is 0 Å². The second-order valence-corrected chi connectivity index (χ2v) is 7.52. The second kappa shape index (κ2) is 10.4. The van der Waals surface area contributed by atoms with Crippen LogP contribution in [0, 0.1) is 0 Å². The van der Waals surface area contributed by atoms with Gasteiger partial charge >= 0.3 is 0 Å². The Morgan fingerprint density at radius 3 is 3.03 bits per heavy atom. The van der Waals surface area contributed by atoms with E-state index in [1.807, 2.05) is 12.3 Å². The van der Waals surface area contributed by atoms with Gasteiger partial charge in [-0.2, -0.15) is 0 Å². The SMILES string of the molecule is O=c1cc(COC2CCCCO2)occ1OCCCCCn1ccc2cccnc21. The summed E-state index contributed by atoms with van der Waals surface area (Å²) in [5.41, 5.74) is 0.833. The van der Waals surface area contributed by atoms with Crippen molar-refractivity contribution in [1.82, 2.24) is 9.55 Å². The Kier molecular flexibility index (Phi) is 7.16. The molecule has 1 aliphatic rings. The molecule has 0 saturated carbocycles. The predicted octanol–water partition coefficient (Wildman–Crippen LogP) is 4.28. The number of unbranched alkanes of at least 4 members (excludes halogenated alkanes) is 2. The molecule has 0 N–H and O–H groups in total. The Labute approximate surface area is 175 Å². The normalized spacial score (nSPS) is 16.7. The largest absolute Gasteiger partial charge is 0.487 e. The van der Waals surface area contributed by atoms with Crippen LogP contribution >= 0.6 is 0 Å². The lowest BCUT2D eigenvalue weighted by molar-refractivity contribution is -0.171. The van der Waals surface area contributed by atoms with Crippen molar-refractivity contribution < 1.29 is 18.6 Å². The first-order chi connectivity index (χ1) is 14.8. The molecule has 160 valence electrons. The molecule has 1 fully saturated rings. The van der Waals surface area contributed by atoms with E-state index in [-0.39, 0.29) is 24.1 Å². The number of rotatable bonds is 10. The third-order valence-electron chi connectivity index (χ3n) is 5.23. The molecule has 3 aromatic rings. The van der Waals surface area contributed by atoms with Crippen LogP contribution in [0.15, 0.2) is 52.1 Å². The van der Waals surface area contributed by atoms with Crippen molar-refractivity contribution in [3.8, 4) is 5.75 Å². The van der Waals surface area contributed by atoms with E-state index in [2.05, 4.69) is 27.9 Å². The van der Waals surface area contributed by atoms with Gasteiger partial charge in [-0.05, 0) is 56.7 Å². The number of aromatic nitrogens is 2. The molecule has 1 unspecified atom stereocenters. The fourth-order valence-corrected chi connectivity index (χ4v) is 3.58. The van der Waals surface area contributed by atoms with E-state index < -0.39 is 0 Å². The smallest absolute Gasteiger partial charge is 0.227 e. The highest BCUT2D eigenvalue weighted by Crippen LogP contribution is 2.16. The van der Waals surface area contributed by atoms with Gasteiger partial charge in [0.1, 0.15) is 24.3 Å². The molecule has 3 aromatic heterocycles. The Morgan fingerprint density at radius 1 is 1.20 bits per heavy atom. The van der Waals surface area contributed by atoms with Gasteiger partial charge in [0.05, 0.1) is 6.61 Å². The molecule has 0 aliphatic carbocycles. The second-order valence-electron chi connectivity index (χ2n) is 7.52. The molecular formula is C23H28N2O5. The molecule has 0 bridgehead atoms. The van der Waals surface area contributed by atoms with Crippen molar-refractivity contribution in [1.29, 1.82) is 0 Å². The van der Waals surface area contributed by atoms with Crippen molar-refractivity contribution in [3.05, 3.63) is 58.9 Å². The first-order valence-electron chi connectivity index (χ1n) is 10.7. The lowest BCUT2D eigenvalue weighted by atomic mass is 10.2. The zero-order chi connectivity index (χ0) is 20.6. The van der Waals surface area contributed by atoms with Crippen molar-refractivity contribution in [3.63, 3.8) is 0 Å². The van der Waals surface area contributed by atoms with Crippen LogP contribution in [0.25, 0.3) is 11.0 Å². The average Bonchev–Trinajstić information content (AvgIpc) is 3.20.